The number of ether oxygens (including phenoxy) is 4. The molecule has 0 aliphatic carbocycles. The molecule has 7 nitrogen and oxygen atoms in total. The number of amides is 1. The Morgan fingerprint density at radius 2 is 1.92 bits per heavy atom. The Morgan fingerprint density at radius 1 is 1.11 bits per heavy atom. The third-order valence-corrected chi connectivity index (χ3v) is 7.20. The summed E-state index contributed by atoms with van der Waals surface area (Å²) in [6.07, 6.45) is 1.47. The third kappa shape index (κ3) is 4.60. The van der Waals surface area contributed by atoms with Gasteiger partial charge in [-0.25, -0.2) is 4.98 Å². The van der Waals surface area contributed by atoms with Crippen LogP contribution < -0.4 is 14.2 Å². The summed E-state index contributed by atoms with van der Waals surface area (Å²) in [6, 6.07) is 12.1. The summed E-state index contributed by atoms with van der Waals surface area (Å²) in [5.74, 6) is 2.19. The minimum absolute atomic E-state index is 0.0438. The van der Waals surface area contributed by atoms with Gasteiger partial charge in [0.2, 0.25) is 5.91 Å². The van der Waals surface area contributed by atoms with Gasteiger partial charge in [0, 0.05) is 35.6 Å². The van der Waals surface area contributed by atoms with Gasteiger partial charge in [-0.15, -0.1) is 0 Å². The molecule has 190 valence electrons. The molecule has 1 amide bonds. The predicted octanol–water partition coefficient (Wildman–Crippen LogP) is 5.15. The monoisotopic (exact) mass is 490 g/mol. The maximum absolute atomic E-state index is 13.5. The summed E-state index contributed by atoms with van der Waals surface area (Å²) in [6.45, 7) is 8.22. The molecule has 36 heavy (non-hydrogen) atoms. The van der Waals surface area contributed by atoms with Crippen LogP contribution in [0.25, 0.3) is 22.2 Å². The van der Waals surface area contributed by atoms with Crippen molar-refractivity contribution in [3.63, 3.8) is 0 Å². The van der Waals surface area contributed by atoms with E-state index in [0.717, 1.165) is 51.9 Å². The van der Waals surface area contributed by atoms with Crippen LogP contribution in [-0.2, 0) is 16.1 Å². The van der Waals surface area contributed by atoms with Crippen molar-refractivity contribution in [2.75, 3.05) is 34.0 Å². The standard InChI is InChI=1S/C29H34N2O5/c1-18-13-23(30-26-22(18)7-6-8-24(26)33-4)20-14-21-17-31(10-12-35-27(21)25(15-20)34-5)28(32)19-9-11-36-29(2,3)16-19/h6-8,13-15,19H,9-12,16-17H2,1-5H3. The van der Waals surface area contributed by atoms with Crippen molar-refractivity contribution in [1.29, 1.82) is 0 Å². The average molecular weight is 491 g/mol. The van der Waals surface area contributed by atoms with Crippen LogP contribution in [-0.4, -0.2) is 55.4 Å². The lowest BCUT2D eigenvalue weighted by molar-refractivity contribution is -0.146. The highest BCUT2D eigenvalue weighted by Crippen LogP contribution is 2.40. The van der Waals surface area contributed by atoms with E-state index < -0.39 is 0 Å². The molecule has 1 fully saturated rings. The number of pyridine rings is 1. The zero-order chi connectivity index (χ0) is 25.4. The lowest BCUT2D eigenvalue weighted by Crippen LogP contribution is -2.43. The molecule has 7 heteroatoms. The van der Waals surface area contributed by atoms with Crippen LogP contribution >= 0.6 is 0 Å². The molecule has 1 saturated heterocycles. The first-order chi connectivity index (χ1) is 17.3. The molecule has 2 aliphatic rings. The number of rotatable bonds is 4. The van der Waals surface area contributed by atoms with Gasteiger partial charge >= 0.3 is 0 Å². The Balaban J connectivity index is 1.52. The van der Waals surface area contributed by atoms with Crippen LogP contribution in [0.5, 0.6) is 17.2 Å². The van der Waals surface area contributed by atoms with Gasteiger partial charge in [0.25, 0.3) is 0 Å². The number of methoxy groups -OCH3 is 2. The van der Waals surface area contributed by atoms with Crippen molar-refractivity contribution < 1.29 is 23.7 Å². The van der Waals surface area contributed by atoms with Gasteiger partial charge in [-0.2, -0.15) is 0 Å². The van der Waals surface area contributed by atoms with Crippen LogP contribution in [0.1, 0.15) is 37.8 Å². The van der Waals surface area contributed by atoms with E-state index >= 15 is 0 Å². The predicted molar refractivity (Wildman–Crippen MR) is 139 cm³/mol. The van der Waals surface area contributed by atoms with Crippen LogP contribution in [0.2, 0.25) is 0 Å². The van der Waals surface area contributed by atoms with Crippen molar-refractivity contribution in [3.8, 4) is 28.5 Å². The normalized spacial score (nSPS) is 19.2. The molecule has 3 heterocycles. The van der Waals surface area contributed by atoms with Crippen molar-refractivity contribution >= 4 is 16.8 Å². The molecule has 0 N–H and O–H groups in total. The minimum Gasteiger partial charge on any atom is -0.494 e. The fourth-order valence-corrected chi connectivity index (χ4v) is 5.38. The lowest BCUT2D eigenvalue weighted by Gasteiger charge is -2.36. The highest BCUT2D eigenvalue weighted by molar-refractivity contribution is 5.90. The van der Waals surface area contributed by atoms with E-state index in [1.165, 1.54) is 0 Å². The molecule has 2 aliphatic heterocycles. The Bertz CT molecular complexity index is 1300. The molecular weight excluding hydrogens is 456 g/mol. The van der Waals surface area contributed by atoms with E-state index in [2.05, 4.69) is 39.0 Å². The lowest BCUT2D eigenvalue weighted by atomic mass is 9.87. The summed E-state index contributed by atoms with van der Waals surface area (Å²) in [7, 11) is 3.30. The fraction of sp³-hybridized carbons (Fsp3) is 0.448. The molecule has 0 spiro atoms. The second-order valence-electron chi connectivity index (χ2n) is 10.3. The quantitative estimate of drug-likeness (QED) is 0.504. The van der Waals surface area contributed by atoms with Gasteiger partial charge in [0.15, 0.2) is 11.5 Å². The van der Waals surface area contributed by atoms with Gasteiger partial charge in [0.1, 0.15) is 17.9 Å². The fourth-order valence-electron chi connectivity index (χ4n) is 5.38. The Labute approximate surface area is 212 Å². The number of carbonyl (C=O) groups is 1. The van der Waals surface area contributed by atoms with E-state index in [1.54, 1.807) is 14.2 Å². The molecule has 0 saturated carbocycles. The molecule has 0 radical (unpaired) electrons. The van der Waals surface area contributed by atoms with E-state index in [1.807, 2.05) is 23.1 Å². The summed E-state index contributed by atoms with van der Waals surface area (Å²) >= 11 is 0. The number of hydrogen-bond acceptors (Lipinski definition) is 6. The average Bonchev–Trinajstić information content (AvgIpc) is 3.09. The van der Waals surface area contributed by atoms with Crippen molar-refractivity contribution in [3.05, 3.63) is 47.5 Å². The third-order valence-electron chi connectivity index (χ3n) is 7.20. The highest BCUT2D eigenvalue weighted by Gasteiger charge is 2.36. The summed E-state index contributed by atoms with van der Waals surface area (Å²) in [4.78, 5) is 20.4. The van der Waals surface area contributed by atoms with Gasteiger partial charge in [-0.05, 0) is 63.4 Å². The number of aromatic nitrogens is 1. The topological polar surface area (TPSA) is 70.1 Å². The molecule has 2 aromatic carbocycles. The van der Waals surface area contributed by atoms with E-state index in [-0.39, 0.29) is 17.4 Å². The number of hydrogen-bond donors (Lipinski definition) is 0. The number of aryl methyl sites for hydroxylation is 1. The van der Waals surface area contributed by atoms with Crippen molar-refractivity contribution in [2.24, 2.45) is 5.92 Å². The Morgan fingerprint density at radius 3 is 2.67 bits per heavy atom. The number of fused-ring (bicyclic) bond motifs is 2. The number of para-hydroxylation sites is 1. The maximum Gasteiger partial charge on any atom is 0.226 e. The van der Waals surface area contributed by atoms with Crippen LogP contribution in [0.3, 0.4) is 0 Å². The number of carbonyl (C=O) groups excluding carboxylic acids is 1. The summed E-state index contributed by atoms with van der Waals surface area (Å²) in [5, 5.41) is 1.05. The molecule has 5 rings (SSSR count). The molecule has 1 atom stereocenters. The highest BCUT2D eigenvalue weighted by atomic mass is 16.5. The smallest absolute Gasteiger partial charge is 0.226 e. The van der Waals surface area contributed by atoms with Crippen LogP contribution in [0, 0.1) is 12.8 Å². The van der Waals surface area contributed by atoms with Gasteiger partial charge in [-0.1, -0.05) is 12.1 Å². The van der Waals surface area contributed by atoms with Crippen LogP contribution in [0.15, 0.2) is 36.4 Å². The molecule has 1 unspecified atom stereocenters. The molecular formula is C29H34N2O5. The Kier molecular flexibility index (Phi) is 6.51. The second-order valence-corrected chi connectivity index (χ2v) is 10.3. The van der Waals surface area contributed by atoms with E-state index in [0.29, 0.717) is 37.8 Å². The van der Waals surface area contributed by atoms with E-state index in [9.17, 15) is 4.79 Å². The largest absolute Gasteiger partial charge is 0.494 e. The van der Waals surface area contributed by atoms with Gasteiger partial charge in [0.05, 0.1) is 32.1 Å². The Hall–Kier alpha value is -3.32. The first kappa shape index (κ1) is 24.4. The zero-order valence-electron chi connectivity index (χ0n) is 21.7. The molecule has 0 bridgehead atoms. The van der Waals surface area contributed by atoms with Gasteiger partial charge in [-0.3, -0.25) is 4.79 Å². The second kappa shape index (κ2) is 9.62. The van der Waals surface area contributed by atoms with E-state index in [4.69, 9.17) is 23.9 Å². The summed E-state index contributed by atoms with van der Waals surface area (Å²) in [5.41, 5.74) is 4.29. The number of benzene rings is 2. The zero-order valence-corrected chi connectivity index (χ0v) is 21.7. The van der Waals surface area contributed by atoms with Crippen molar-refractivity contribution in [1.82, 2.24) is 9.88 Å². The van der Waals surface area contributed by atoms with Crippen LogP contribution in [0.4, 0.5) is 0 Å². The SMILES string of the molecule is COc1cc(-c2cc(C)c3cccc(OC)c3n2)cc2c1OCCN(C(=O)C1CCOC(C)(C)C1)C2. The minimum atomic E-state index is -0.282. The first-order valence-electron chi connectivity index (χ1n) is 12.5. The maximum atomic E-state index is 13.5. The number of nitrogens with zero attached hydrogens (tertiary/aromatic N) is 2. The molecule has 3 aromatic rings. The van der Waals surface area contributed by atoms with Crippen molar-refractivity contribution in [2.45, 2.75) is 45.8 Å². The summed E-state index contributed by atoms with van der Waals surface area (Å²) < 4.78 is 23.3. The van der Waals surface area contributed by atoms with Gasteiger partial charge < -0.3 is 23.8 Å². The first-order valence-corrected chi connectivity index (χ1v) is 12.5. The molecule has 1 aromatic heterocycles.